The Morgan fingerprint density at radius 2 is 1.74 bits per heavy atom. The van der Waals surface area contributed by atoms with Crippen molar-refractivity contribution in [3.05, 3.63) is 63.1 Å². The SMILES string of the molecule is CC(=O)c1ccc(C#N)cc1N1CCN(C(=O)c2cccc(Cl)c2Cl)CC1. The molecule has 0 N–H and O–H groups in total. The summed E-state index contributed by atoms with van der Waals surface area (Å²) in [5.41, 5.74) is 2.19. The average molecular weight is 402 g/mol. The summed E-state index contributed by atoms with van der Waals surface area (Å²) >= 11 is 12.2. The molecule has 1 fully saturated rings. The van der Waals surface area contributed by atoms with E-state index in [1.165, 1.54) is 6.92 Å². The van der Waals surface area contributed by atoms with Crippen molar-refractivity contribution < 1.29 is 9.59 Å². The Bertz CT molecular complexity index is 945. The van der Waals surface area contributed by atoms with Gasteiger partial charge in [0.1, 0.15) is 0 Å². The van der Waals surface area contributed by atoms with Crippen molar-refractivity contribution in [2.75, 3.05) is 31.1 Å². The molecule has 1 heterocycles. The highest BCUT2D eigenvalue weighted by molar-refractivity contribution is 6.43. The van der Waals surface area contributed by atoms with Gasteiger partial charge in [-0.1, -0.05) is 29.3 Å². The minimum Gasteiger partial charge on any atom is -0.367 e. The number of carbonyl (C=O) groups is 2. The van der Waals surface area contributed by atoms with Crippen molar-refractivity contribution >= 4 is 40.6 Å². The molecule has 1 aliphatic rings. The lowest BCUT2D eigenvalue weighted by molar-refractivity contribution is 0.0746. The van der Waals surface area contributed by atoms with E-state index in [4.69, 9.17) is 28.5 Å². The Kier molecular flexibility index (Phi) is 5.69. The second-order valence-corrected chi connectivity index (χ2v) is 7.07. The normalized spacial score (nSPS) is 14.0. The lowest BCUT2D eigenvalue weighted by Crippen LogP contribution is -2.49. The van der Waals surface area contributed by atoms with Crippen molar-refractivity contribution in [2.45, 2.75) is 6.92 Å². The van der Waals surface area contributed by atoms with Crippen LogP contribution in [0.2, 0.25) is 10.0 Å². The Labute approximate surface area is 167 Å². The molecule has 27 heavy (non-hydrogen) atoms. The van der Waals surface area contributed by atoms with E-state index in [0.29, 0.717) is 47.9 Å². The van der Waals surface area contributed by atoms with Crippen LogP contribution in [0.3, 0.4) is 0 Å². The fourth-order valence-electron chi connectivity index (χ4n) is 3.15. The number of rotatable bonds is 3. The molecule has 1 amide bonds. The lowest BCUT2D eigenvalue weighted by atomic mass is 10.0. The molecule has 7 heteroatoms. The van der Waals surface area contributed by atoms with Crippen LogP contribution in [0.5, 0.6) is 0 Å². The van der Waals surface area contributed by atoms with Crippen LogP contribution in [0.4, 0.5) is 5.69 Å². The molecule has 138 valence electrons. The van der Waals surface area contributed by atoms with Crippen LogP contribution in [0.25, 0.3) is 0 Å². The van der Waals surface area contributed by atoms with E-state index in [-0.39, 0.29) is 16.7 Å². The molecule has 0 radical (unpaired) electrons. The maximum absolute atomic E-state index is 12.8. The summed E-state index contributed by atoms with van der Waals surface area (Å²) in [7, 11) is 0. The van der Waals surface area contributed by atoms with Gasteiger partial charge in [-0.3, -0.25) is 9.59 Å². The van der Waals surface area contributed by atoms with Crippen LogP contribution in [0.15, 0.2) is 36.4 Å². The first-order valence-corrected chi connectivity index (χ1v) is 9.21. The predicted molar refractivity (Wildman–Crippen MR) is 106 cm³/mol. The molecular formula is C20H17Cl2N3O2. The monoisotopic (exact) mass is 401 g/mol. The number of ketones is 1. The summed E-state index contributed by atoms with van der Waals surface area (Å²) in [6, 6.07) is 12.1. The van der Waals surface area contributed by atoms with Crippen molar-refractivity contribution in [3.63, 3.8) is 0 Å². The standard InChI is InChI=1S/C20H17Cl2N3O2/c1-13(26)15-6-5-14(12-23)11-18(15)24-7-9-25(10-8-24)20(27)16-3-2-4-17(21)19(16)22/h2-6,11H,7-10H2,1H3. The Morgan fingerprint density at radius 3 is 2.37 bits per heavy atom. The highest BCUT2D eigenvalue weighted by Gasteiger charge is 2.26. The summed E-state index contributed by atoms with van der Waals surface area (Å²) in [4.78, 5) is 28.4. The third kappa shape index (κ3) is 3.92. The van der Waals surface area contributed by atoms with Crippen LogP contribution in [-0.4, -0.2) is 42.8 Å². The van der Waals surface area contributed by atoms with Gasteiger partial charge in [0, 0.05) is 37.4 Å². The van der Waals surface area contributed by atoms with E-state index in [1.54, 1.807) is 41.3 Å². The third-order valence-electron chi connectivity index (χ3n) is 4.60. The van der Waals surface area contributed by atoms with Gasteiger partial charge in [-0.2, -0.15) is 5.26 Å². The summed E-state index contributed by atoms with van der Waals surface area (Å²) in [5.74, 6) is -0.224. The minimum atomic E-state index is -0.167. The number of anilines is 1. The van der Waals surface area contributed by atoms with Gasteiger partial charge in [0.05, 0.1) is 27.2 Å². The molecule has 0 aromatic heterocycles. The number of hydrogen-bond donors (Lipinski definition) is 0. The Hall–Kier alpha value is -2.55. The number of piperazine rings is 1. The number of Topliss-reactive ketones (excluding diaryl/α,β-unsaturated/α-hetero) is 1. The molecule has 0 bridgehead atoms. The maximum Gasteiger partial charge on any atom is 0.255 e. The summed E-state index contributed by atoms with van der Waals surface area (Å²) in [5, 5.41) is 9.75. The van der Waals surface area contributed by atoms with E-state index < -0.39 is 0 Å². The molecular weight excluding hydrogens is 385 g/mol. The van der Waals surface area contributed by atoms with Gasteiger partial charge in [-0.25, -0.2) is 0 Å². The van der Waals surface area contributed by atoms with Crippen LogP contribution in [-0.2, 0) is 0 Å². The smallest absolute Gasteiger partial charge is 0.255 e. The molecule has 0 atom stereocenters. The lowest BCUT2D eigenvalue weighted by Gasteiger charge is -2.37. The zero-order chi connectivity index (χ0) is 19.6. The molecule has 0 saturated carbocycles. The molecule has 3 rings (SSSR count). The molecule has 2 aromatic carbocycles. The largest absolute Gasteiger partial charge is 0.367 e. The van der Waals surface area contributed by atoms with Gasteiger partial charge in [0.25, 0.3) is 5.91 Å². The van der Waals surface area contributed by atoms with E-state index in [2.05, 4.69) is 6.07 Å². The maximum atomic E-state index is 12.8. The molecule has 1 saturated heterocycles. The van der Waals surface area contributed by atoms with E-state index in [9.17, 15) is 9.59 Å². The average Bonchev–Trinajstić information content (AvgIpc) is 2.69. The van der Waals surface area contributed by atoms with Gasteiger partial charge >= 0.3 is 0 Å². The van der Waals surface area contributed by atoms with Gasteiger partial charge in [0.15, 0.2) is 5.78 Å². The minimum absolute atomic E-state index is 0.0568. The first kappa shape index (κ1) is 19.2. The quantitative estimate of drug-likeness (QED) is 0.728. The molecule has 2 aromatic rings. The predicted octanol–water partition coefficient (Wildman–Crippen LogP) is 4.03. The number of halogens is 2. The van der Waals surface area contributed by atoms with E-state index >= 15 is 0 Å². The van der Waals surface area contributed by atoms with Crippen LogP contribution in [0.1, 0.15) is 33.2 Å². The van der Waals surface area contributed by atoms with Gasteiger partial charge in [0.2, 0.25) is 0 Å². The Balaban J connectivity index is 1.78. The number of hydrogen-bond acceptors (Lipinski definition) is 4. The number of nitrogens with zero attached hydrogens (tertiary/aromatic N) is 3. The summed E-state index contributed by atoms with van der Waals surface area (Å²) < 4.78 is 0. The first-order chi connectivity index (χ1) is 12.9. The van der Waals surface area contributed by atoms with Crippen molar-refractivity contribution in [1.82, 2.24) is 4.90 Å². The van der Waals surface area contributed by atoms with E-state index in [0.717, 1.165) is 5.69 Å². The van der Waals surface area contributed by atoms with Crippen molar-refractivity contribution in [1.29, 1.82) is 5.26 Å². The summed E-state index contributed by atoms with van der Waals surface area (Å²) in [6.07, 6.45) is 0. The number of benzene rings is 2. The van der Waals surface area contributed by atoms with Crippen LogP contribution >= 0.6 is 23.2 Å². The van der Waals surface area contributed by atoms with Crippen LogP contribution < -0.4 is 4.90 Å². The van der Waals surface area contributed by atoms with Crippen molar-refractivity contribution in [3.8, 4) is 6.07 Å². The molecule has 1 aliphatic heterocycles. The first-order valence-electron chi connectivity index (χ1n) is 8.45. The number of nitriles is 1. The third-order valence-corrected chi connectivity index (χ3v) is 5.41. The molecule has 0 spiro atoms. The second-order valence-electron chi connectivity index (χ2n) is 6.28. The molecule has 0 unspecified atom stereocenters. The number of amides is 1. The fraction of sp³-hybridized carbons (Fsp3) is 0.250. The van der Waals surface area contributed by atoms with Gasteiger partial charge in [-0.15, -0.1) is 0 Å². The topological polar surface area (TPSA) is 64.4 Å². The molecule has 5 nitrogen and oxygen atoms in total. The van der Waals surface area contributed by atoms with Crippen molar-refractivity contribution in [2.24, 2.45) is 0 Å². The molecule has 0 aliphatic carbocycles. The highest BCUT2D eigenvalue weighted by atomic mass is 35.5. The summed E-state index contributed by atoms with van der Waals surface area (Å²) in [6.45, 7) is 3.58. The zero-order valence-electron chi connectivity index (χ0n) is 14.7. The van der Waals surface area contributed by atoms with Gasteiger partial charge < -0.3 is 9.80 Å². The fourth-order valence-corrected chi connectivity index (χ4v) is 3.53. The van der Waals surface area contributed by atoms with E-state index in [1.807, 2.05) is 4.90 Å². The highest BCUT2D eigenvalue weighted by Crippen LogP contribution is 2.28. The zero-order valence-corrected chi connectivity index (χ0v) is 16.2. The second kappa shape index (κ2) is 7.99. The van der Waals surface area contributed by atoms with Crippen LogP contribution in [0, 0.1) is 11.3 Å². The Morgan fingerprint density at radius 1 is 1.04 bits per heavy atom. The number of carbonyl (C=O) groups excluding carboxylic acids is 2. The van der Waals surface area contributed by atoms with Gasteiger partial charge in [-0.05, 0) is 37.3 Å².